The lowest BCUT2D eigenvalue weighted by Gasteiger charge is -2.35. The second-order valence-electron chi connectivity index (χ2n) is 15.0. The number of benzene rings is 6. The largest absolute Gasteiger partial charge is 0.310 e. The molecular formula is C49H47NS. The monoisotopic (exact) mass is 681 g/mol. The highest BCUT2D eigenvalue weighted by molar-refractivity contribution is 7.26. The van der Waals surface area contributed by atoms with Crippen molar-refractivity contribution in [1.82, 2.24) is 0 Å². The quantitative estimate of drug-likeness (QED) is 0.151. The first-order valence-electron chi connectivity index (χ1n) is 19.3. The van der Waals surface area contributed by atoms with Crippen molar-refractivity contribution in [2.24, 2.45) is 0 Å². The third kappa shape index (κ3) is 6.19. The van der Waals surface area contributed by atoms with Gasteiger partial charge in [-0.15, -0.1) is 11.3 Å². The van der Waals surface area contributed by atoms with E-state index in [2.05, 4.69) is 150 Å². The van der Waals surface area contributed by atoms with Gasteiger partial charge in [0.1, 0.15) is 0 Å². The summed E-state index contributed by atoms with van der Waals surface area (Å²) in [6, 6.07) is 55.3. The Kier molecular flexibility index (Phi) is 8.96. The van der Waals surface area contributed by atoms with E-state index >= 15 is 0 Å². The maximum Gasteiger partial charge on any atom is 0.0476 e. The fourth-order valence-corrected chi connectivity index (χ4v) is 10.5. The molecule has 51 heavy (non-hydrogen) atoms. The fourth-order valence-electron chi connectivity index (χ4n) is 9.35. The molecule has 0 unspecified atom stereocenters. The molecule has 0 spiro atoms. The summed E-state index contributed by atoms with van der Waals surface area (Å²) in [4.78, 5) is 2.48. The molecule has 1 aromatic heterocycles. The highest BCUT2D eigenvalue weighted by Gasteiger charge is 2.34. The van der Waals surface area contributed by atoms with Gasteiger partial charge in [0.25, 0.3) is 0 Å². The number of rotatable bonds is 7. The maximum atomic E-state index is 2.48. The Bertz CT molecular complexity index is 2220. The van der Waals surface area contributed by atoms with Gasteiger partial charge in [-0.1, -0.05) is 148 Å². The number of fused-ring (bicyclic) bond motifs is 3. The van der Waals surface area contributed by atoms with Crippen LogP contribution >= 0.6 is 11.3 Å². The number of hydrogen-bond donors (Lipinski definition) is 0. The van der Waals surface area contributed by atoms with Crippen LogP contribution in [0.25, 0.3) is 31.3 Å². The average Bonchev–Trinajstić information content (AvgIpc) is 3.39. The lowest BCUT2D eigenvalue weighted by Crippen LogP contribution is -2.27. The van der Waals surface area contributed by atoms with Crippen LogP contribution in [0.15, 0.2) is 146 Å². The zero-order valence-corrected chi connectivity index (χ0v) is 30.4. The fraction of sp³-hybridized carbons (Fsp3) is 0.265. The summed E-state index contributed by atoms with van der Waals surface area (Å²) in [5.74, 6) is 0.697. The van der Waals surface area contributed by atoms with Crippen molar-refractivity contribution >= 4 is 48.6 Å². The van der Waals surface area contributed by atoms with Crippen molar-refractivity contribution < 1.29 is 0 Å². The normalized spacial score (nSPS) is 16.6. The molecular weight excluding hydrogens is 635 g/mol. The minimum absolute atomic E-state index is 0.0786. The maximum absolute atomic E-state index is 2.48. The van der Waals surface area contributed by atoms with Crippen LogP contribution in [0.5, 0.6) is 0 Å². The van der Waals surface area contributed by atoms with Gasteiger partial charge < -0.3 is 4.90 Å². The van der Waals surface area contributed by atoms with Gasteiger partial charge in [-0.05, 0) is 102 Å². The molecule has 2 heteroatoms. The molecule has 2 aliphatic carbocycles. The molecule has 0 N–H and O–H groups in total. The average molecular weight is 682 g/mol. The van der Waals surface area contributed by atoms with Gasteiger partial charge in [0, 0.05) is 42.6 Å². The molecule has 0 amide bonds. The minimum atomic E-state index is 0.0786. The zero-order chi connectivity index (χ0) is 34.0. The van der Waals surface area contributed by atoms with E-state index in [1.807, 2.05) is 11.3 Å². The Morgan fingerprint density at radius 1 is 0.490 bits per heavy atom. The number of hydrogen-bond acceptors (Lipinski definition) is 2. The van der Waals surface area contributed by atoms with E-state index in [-0.39, 0.29) is 5.41 Å². The molecule has 0 radical (unpaired) electrons. The molecule has 1 nitrogen and oxygen atoms in total. The Morgan fingerprint density at radius 3 is 1.80 bits per heavy atom. The van der Waals surface area contributed by atoms with Crippen LogP contribution < -0.4 is 4.90 Å². The molecule has 2 aliphatic rings. The molecule has 6 aromatic carbocycles. The van der Waals surface area contributed by atoms with E-state index in [0.29, 0.717) is 5.92 Å². The predicted molar refractivity (Wildman–Crippen MR) is 220 cm³/mol. The summed E-state index contributed by atoms with van der Waals surface area (Å²) in [6.45, 7) is 0. The van der Waals surface area contributed by atoms with Crippen LogP contribution in [0.1, 0.15) is 93.2 Å². The van der Waals surface area contributed by atoms with Gasteiger partial charge >= 0.3 is 0 Å². The van der Waals surface area contributed by atoms with Crippen LogP contribution in [0.3, 0.4) is 0 Å². The third-order valence-electron chi connectivity index (χ3n) is 12.0. The summed E-state index contributed by atoms with van der Waals surface area (Å²) in [5, 5.41) is 2.69. The van der Waals surface area contributed by atoms with E-state index in [9.17, 15) is 0 Å². The van der Waals surface area contributed by atoms with E-state index < -0.39 is 0 Å². The van der Waals surface area contributed by atoms with Gasteiger partial charge in [-0.25, -0.2) is 0 Å². The molecule has 254 valence electrons. The molecule has 2 saturated carbocycles. The Labute approximate surface area is 307 Å². The number of anilines is 3. The van der Waals surface area contributed by atoms with Crippen LogP contribution in [-0.4, -0.2) is 0 Å². The smallest absolute Gasteiger partial charge is 0.0476 e. The van der Waals surface area contributed by atoms with Crippen LogP contribution in [0, 0.1) is 0 Å². The van der Waals surface area contributed by atoms with Gasteiger partial charge in [0.05, 0.1) is 0 Å². The van der Waals surface area contributed by atoms with Crippen LogP contribution in [-0.2, 0) is 5.41 Å². The first kappa shape index (κ1) is 32.3. The minimum Gasteiger partial charge on any atom is -0.310 e. The van der Waals surface area contributed by atoms with Gasteiger partial charge in [0.2, 0.25) is 0 Å². The number of thiophene rings is 1. The van der Waals surface area contributed by atoms with Crippen molar-refractivity contribution in [1.29, 1.82) is 0 Å². The van der Waals surface area contributed by atoms with Gasteiger partial charge in [0.15, 0.2) is 0 Å². The summed E-state index contributed by atoms with van der Waals surface area (Å²) in [5.41, 5.74) is 10.7. The van der Waals surface area contributed by atoms with Crippen molar-refractivity contribution in [3.63, 3.8) is 0 Å². The first-order chi connectivity index (χ1) is 25.3. The lowest BCUT2D eigenvalue weighted by atomic mass is 9.69. The zero-order valence-electron chi connectivity index (χ0n) is 29.6. The lowest BCUT2D eigenvalue weighted by molar-refractivity contribution is 0.443. The molecule has 0 saturated heterocycles. The van der Waals surface area contributed by atoms with Crippen molar-refractivity contribution in [3.8, 4) is 11.1 Å². The standard InChI is InChI=1S/C49H47NS/c1-2-13-34-49(33-12-1,39-19-10-5-11-20-39)40-25-29-42(30-26-40)50(41-27-23-37(24-28-41)36-15-6-3-7-16-36)43-31-32-45-47(35-43)51-46-22-14-21-44(48(45)46)38-17-8-4-9-18-38/h4-5,8-11,14,17-32,35-36H,1-3,6-7,12-13,15-16,33-34H2. The van der Waals surface area contributed by atoms with Crippen LogP contribution in [0.2, 0.25) is 0 Å². The molecule has 1 heterocycles. The Hall–Kier alpha value is -4.66. The van der Waals surface area contributed by atoms with E-state index in [1.165, 1.54) is 136 Å². The molecule has 0 bridgehead atoms. The summed E-state index contributed by atoms with van der Waals surface area (Å²) < 4.78 is 2.67. The third-order valence-corrected chi connectivity index (χ3v) is 13.1. The Balaban J connectivity index is 1.15. The SMILES string of the molecule is c1ccc(-c2cccc3sc4cc(N(c5ccc(C6CCCCC6)cc5)c5ccc(C6(c7ccccc7)CCCCCC6)cc5)ccc4c23)cc1. The Morgan fingerprint density at radius 2 is 1.10 bits per heavy atom. The van der Waals surface area contributed by atoms with E-state index in [0.717, 1.165) is 0 Å². The van der Waals surface area contributed by atoms with Crippen molar-refractivity contribution in [2.75, 3.05) is 4.90 Å². The van der Waals surface area contributed by atoms with Crippen molar-refractivity contribution in [3.05, 3.63) is 162 Å². The molecule has 2 fully saturated rings. The summed E-state index contributed by atoms with van der Waals surface area (Å²) in [7, 11) is 0. The second kappa shape index (κ2) is 14.2. The second-order valence-corrected chi connectivity index (χ2v) is 16.1. The number of nitrogens with zero attached hydrogens (tertiary/aromatic N) is 1. The highest BCUT2D eigenvalue weighted by Crippen LogP contribution is 2.47. The topological polar surface area (TPSA) is 3.24 Å². The van der Waals surface area contributed by atoms with E-state index in [4.69, 9.17) is 0 Å². The molecule has 7 aromatic rings. The molecule has 0 atom stereocenters. The van der Waals surface area contributed by atoms with Crippen LogP contribution in [0.4, 0.5) is 17.1 Å². The molecule has 0 aliphatic heterocycles. The highest BCUT2D eigenvalue weighted by atomic mass is 32.1. The predicted octanol–water partition coefficient (Wildman–Crippen LogP) is 14.9. The van der Waals surface area contributed by atoms with Gasteiger partial charge in [-0.2, -0.15) is 0 Å². The summed E-state index contributed by atoms with van der Waals surface area (Å²) in [6.07, 6.45) is 14.4. The molecule has 9 rings (SSSR count). The van der Waals surface area contributed by atoms with E-state index in [1.54, 1.807) is 0 Å². The van der Waals surface area contributed by atoms with Gasteiger partial charge in [-0.3, -0.25) is 0 Å². The first-order valence-corrected chi connectivity index (χ1v) is 20.2. The van der Waals surface area contributed by atoms with Crippen molar-refractivity contribution in [2.45, 2.75) is 82.0 Å². The summed E-state index contributed by atoms with van der Waals surface area (Å²) >= 11 is 1.91.